The molecule has 0 aliphatic heterocycles. The molecule has 3 heteroatoms. The van der Waals surface area contributed by atoms with Gasteiger partial charge in [-0.3, -0.25) is 0 Å². The molecular weight excluding hydrogens is 126 g/mol. The molecule has 0 rings (SSSR count). The van der Waals surface area contributed by atoms with E-state index < -0.39 is 0 Å². The van der Waals surface area contributed by atoms with Crippen LogP contribution >= 0.6 is 0 Å². The molecule has 0 N–H and O–H groups in total. The van der Waals surface area contributed by atoms with E-state index in [1.807, 2.05) is 26.2 Å². The van der Waals surface area contributed by atoms with Gasteiger partial charge in [-0.1, -0.05) is 0 Å². The summed E-state index contributed by atoms with van der Waals surface area (Å²) in [4.78, 5) is 1.75. The number of hydrogen-bond donors (Lipinski definition) is 0. The van der Waals surface area contributed by atoms with Gasteiger partial charge in [-0.25, -0.2) is 0 Å². The molecule has 0 bridgehead atoms. The summed E-state index contributed by atoms with van der Waals surface area (Å²) in [6.45, 7) is 0. The van der Waals surface area contributed by atoms with Gasteiger partial charge in [0.25, 0.3) is 0 Å². The Hall–Kier alpha value is -1.48. The largest absolute Gasteiger partial charge is 0.383 e. The van der Waals surface area contributed by atoms with Crippen LogP contribution in [0.3, 0.4) is 0 Å². The Labute approximate surface area is 60.8 Å². The van der Waals surface area contributed by atoms with Crippen molar-refractivity contribution in [3.63, 3.8) is 0 Å². The summed E-state index contributed by atoms with van der Waals surface area (Å²) in [6, 6.07) is 3.84. The molecule has 0 atom stereocenters. The molecule has 0 spiro atoms. The molecule has 0 aromatic heterocycles. The second-order valence-corrected chi connectivity index (χ2v) is 2.06. The quantitative estimate of drug-likeness (QED) is 0.528. The van der Waals surface area contributed by atoms with Gasteiger partial charge < -0.3 is 4.90 Å². The highest BCUT2D eigenvalue weighted by atomic mass is 15.0. The van der Waals surface area contributed by atoms with Gasteiger partial charge in [0.15, 0.2) is 0 Å². The second-order valence-electron chi connectivity index (χ2n) is 2.06. The fourth-order valence-corrected chi connectivity index (χ4v) is 0.511. The predicted octanol–water partition coefficient (Wildman–Crippen LogP) is 0.869. The summed E-state index contributed by atoms with van der Waals surface area (Å²) >= 11 is 0. The average Bonchev–Trinajstić information content (AvgIpc) is 1.86. The average molecular weight is 135 g/mol. The van der Waals surface area contributed by atoms with Gasteiger partial charge in [-0.2, -0.15) is 10.5 Å². The van der Waals surface area contributed by atoms with Crippen molar-refractivity contribution in [2.24, 2.45) is 0 Å². The SMILES string of the molecule is CN(C)/C=C(/C#N)CC#N. The molecule has 10 heavy (non-hydrogen) atoms. The molecule has 52 valence electrons. The molecule has 0 aromatic carbocycles. The third kappa shape index (κ3) is 3.51. The fraction of sp³-hybridized carbons (Fsp3) is 0.429. The molecule has 0 fully saturated rings. The summed E-state index contributed by atoms with van der Waals surface area (Å²) in [7, 11) is 3.63. The van der Waals surface area contributed by atoms with Gasteiger partial charge in [0, 0.05) is 20.3 Å². The minimum atomic E-state index is 0.189. The van der Waals surface area contributed by atoms with Crippen molar-refractivity contribution in [1.29, 1.82) is 10.5 Å². The lowest BCUT2D eigenvalue weighted by Gasteiger charge is -2.03. The van der Waals surface area contributed by atoms with Crippen LogP contribution in [-0.2, 0) is 0 Å². The first-order valence-corrected chi connectivity index (χ1v) is 2.85. The molecule has 0 saturated heterocycles. The monoisotopic (exact) mass is 135 g/mol. The Kier molecular flexibility index (Phi) is 3.75. The third-order valence-corrected chi connectivity index (χ3v) is 0.827. The maximum atomic E-state index is 8.41. The van der Waals surface area contributed by atoms with Crippen molar-refractivity contribution in [3.8, 4) is 12.1 Å². The lowest BCUT2D eigenvalue weighted by molar-refractivity contribution is 0.559. The summed E-state index contributed by atoms with van der Waals surface area (Å²) < 4.78 is 0. The number of allylic oxidation sites excluding steroid dienone is 1. The lowest BCUT2D eigenvalue weighted by Crippen LogP contribution is -2.02. The van der Waals surface area contributed by atoms with E-state index >= 15 is 0 Å². The standard InChI is InChI=1S/C7H9N3/c1-10(2)6-7(5-9)3-4-8/h6H,3H2,1-2H3/b7-6+. The highest BCUT2D eigenvalue weighted by molar-refractivity contribution is 5.23. The van der Waals surface area contributed by atoms with Crippen LogP contribution < -0.4 is 0 Å². The summed E-state index contributed by atoms with van der Waals surface area (Å²) in [6.07, 6.45) is 1.83. The highest BCUT2D eigenvalue weighted by Gasteiger charge is 1.92. The van der Waals surface area contributed by atoms with Gasteiger partial charge in [0.2, 0.25) is 0 Å². The Bertz CT molecular complexity index is 202. The van der Waals surface area contributed by atoms with Crippen molar-refractivity contribution in [3.05, 3.63) is 11.8 Å². The minimum Gasteiger partial charge on any atom is -0.383 e. The number of nitrogens with zero attached hydrogens (tertiary/aromatic N) is 3. The maximum absolute atomic E-state index is 8.41. The van der Waals surface area contributed by atoms with Crippen molar-refractivity contribution in [1.82, 2.24) is 4.90 Å². The summed E-state index contributed by atoms with van der Waals surface area (Å²) in [5, 5.41) is 16.6. The topological polar surface area (TPSA) is 50.8 Å². The molecule has 0 aliphatic rings. The van der Waals surface area contributed by atoms with E-state index in [-0.39, 0.29) is 6.42 Å². The Morgan fingerprint density at radius 1 is 1.50 bits per heavy atom. The van der Waals surface area contributed by atoms with Crippen molar-refractivity contribution in [2.75, 3.05) is 14.1 Å². The lowest BCUT2D eigenvalue weighted by atomic mass is 10.2. The zero-order chi connectivity index (χ0) is 7.98. The van der Waals surface area contributed by atoms with E-state index in [1.54, 1.807) is 11.1 Å². The van der Waals surface area contributed by atoms with E-state index in [1.165, 1.54) is 0 Å². The predicted molar refractivity (Wildman–Crippen MR) is 37.6 cm³/mol. The van der Waals surface area contributed by atoms with E-state index in [0.29, 0.717) is 5.57 Å². The van der Waals surface area contributed by atoms with Gasteiger partial charge >= 0.3 is 0 Å². The summed E-state index contributed by atoms with van der Waals surface area (Å²) in [5.41, 5.74) is 0.493. The van der Waals surface area contributed by atoms with E-state index in [9.17, 15) is 0 Å². The minimum absolute atomic E-state index is 0.189. The summed E-state index contributed by atoms with van der Waals surface area (Å²) in [5.74, 6) is 0. The maximum Gasteiger partial charge on any atom is 0.0973 e. The van der Waals surface area contributed by atoms with Crippen LogP contribution in [0.25, 0.3) is 0 Å². The van der Waals surface area contributed by atoms with Gasteiger partial charge in [-0.15, -0.1) is 0 Å². The van der Waals surface area contributed by atoms with Crippen molar-refractivity contribution < 1.29 is 0 Å². The molecule has 0 radical (unpaired) electrons. The second kappa shape index (κ2) is 4.40. The van der Waals surface area contributed by atoms with Crippen molar-refractivity contribution in [2.45, 2.75) is 6.42 Å². The molecule has 0 aromatic rings. The Balaban J connectivity index is 4.11. The van der Waals surface area contributed by atoms with Crippen LogP contribution in [0.2, 0.25) is 0 Å². The van der Waals surface area contributed by atoms with Crippen LogP contribution in [-0.4, -0.2) is 19.0 Å². The first kappa shape index (κ1) is 8.52. The van der Waals surface area contributed by atoms with Gasteiger partial charge in [0.1, 0.15) is 0 Å². The first-order valence-electron chi connectivity index (χ1n) is 2.85. The normalized spacial score (nSPS) is 9.80. The van der Waals surface area contributed by atoms with Crippen LogP contribution in [0.15, 0.2) is 11.8 Å². The molecule has 0 unspecified atom stereocenters. The smallest absolute Gasteiger partial charge is 0.0973 e. The van der Waals surface area contributed by atoms with Gasteiger partial charge in [0.05, 0.1) is 24.1 Å². The molecular formula is C7H9N3. The van der Waals surface area contributed by atoms with Crippen LogP contribution in [0.5, 0.6) is 0 Å². The fourth-order valence-electron chi connectivity index (χ4n) is 0.511. The first-order chi connectivity index (χ1) is 4.70. The molecule has 0 aliphatic carbocycles. The third-order valence-electron chi connectivity index (χ3n) is 0.827. The molecule has 0 saturated carbocycles. The Morgan fingerprint density at radius 2 is 2.10 bits per heavy atom. The molecule has 0 heterocycles. The van der Waals surface area contributed by atoms with E-state index in [0.717, 1.165) is 0 Å². The van der Waals surface area contributed by atoms with Gasteiger partial charge in [-0.05, 0) is 0 Å². The Morgan fingerprint density at radius 3 is 2.40 bits per heavy atom. The van der Waals surface area contributed by atoms with Crippen LogP contribution in [0.4, 0.5) is 0 Å². The zero-order valence-electron chi connectivity index (χ0n) is 6.13. The van der Waals surface area contributed by atoms with E-state index in [2.05, 4.69) is 0 Å². The van der Waals surface area contributed by atoms with Crippen molar-refractivity contribution >= 4 is 0 Å². The number of rotatable bonds is 2. The molecule has 0 amide bonds. The molecule has 3 nitrogen and oxygen atoms in total. The number of nitriles is 2. The van der Waals surface area contributed by atoms with Crippen LogP contribution in [0, 0.1) is 22.7 Å². The van der Waals surface area contributed by atoms with Crippen LogP contribution in [0.1, 0.15) is 6.42 Å². The highest BCUT2D eigenvalue weighted by Crippen LogP contribution is 1.97. The number of hydrogen-bond acceptors (Lipinski definition) is 3. The zero-order valence-corrected chi connectivity index (χ0v) is 6.13. The van der Waals surface area contributed by atoms with E-state index in [4.69, 9.17) is 10.5 Å².